The van der Waals surface area contributed by atoms with Gasteiger partial charge in [-0.25, -0.2) is 0 Å². The molecule has 0 saturated carbocycles. The van der Waals surface area contributed by atoms with Crippen molar-refractivity contribution in [3.8, 4) is 0 Å². The van der Waals surface area contributed by atoms with Crippen LogP contribution >= 0.6 is 0 Å². The number of rotatable bonds is 8. The molecule has 13 heteroatoms. The van der Waals surface area contributed by atoms with Crippen LogP contribution in [0.5, 0.6) is 0 Å². The smallest absolute Gasteiger partial charge is 0.369 e. The molecule has 10 N–H and O–H groups in total. The van der Waals surface area contributed by atoms with E-state index in [4.69, 9.17) is 40.5 Å². The second-order valence-corrected chi connectivity index (χ2v) is 5.04. The molecule has 0 aromatic rings. The van der Waals surface area contributed by atoms with Gasteiger partial charge in [-0.3, -0.25) is 9.11 Å². The topological polar surface area (TPSA) is 228 Å². The molecule has 12 nitrogen and oxygen atoms in total. The van der Waals surface area contributed by atoms with Crippen molar-refractivity contribution in [2.75, 3.05) is 0 Å². The zero-order chi connectivity index (χ0) is 18.3. The first-order valence-electron chi connectivity index (χ1n) is 6.53. The van der Waals surface area contributed by atoms with Crippen molar-refractivity contribution < 1.29 is 17.5 Å². The van der Waals surface area contributed by atoms with Crippen LogP contribution in [0.4, 0.5) is 0 Å². The first-order valence-corrected chi connectivity index (χ1v) is 7.93. The molecule has 134 valence electrons. The first kappa shape index (κ1) is 23.0. The van der Waals surface area contributed by atoms with E-state index in [2.05, 4.69) is 27.3 Å². The summed E-state index contributed by atoms with van der Waals surface area (Å²) in [6.45, 7) is 2.15. The van der Waals surface area contributed by atoms with Crippen LogP contribution in [-0.4, -0.2) is 41.4 Å². The van der Waals surface area contributed by atoms with Crippen molar-refractivity contribution in [3.05, 3.63) is 0 Å². The Morgan fingerprint density at radius 2 is 1.48 bits per heavy atom. The largest absolute Gasteiger partial charge is 0.394 e. The second kappa shape index (κ2) is 13.4. The van der Waals surface area contributed by atoms with Gasteiger partial charge in [-0.05, 0) is 12.8 Å². The number of nitrogens with zero attached hydrogens (tertiary/aromatic N) is 4. The van der Waals surface area contributed by atoms with Gasteiger partial charge in [0.05, 0.1) is 11.9 Å². The summed E-state index contributed by atoms with van der Waals surface area (Å²) in [4.78, 5) is 0. The fraction of sp³-hybridized carbons (Fsp3) is 0.600. The van der Waals surface area contributed by atoms with E-state index in [9.17, 15) is 0 Å². The maximum Gasteiger partial charge on any atom is 0.394 e. The van der Waals surface area contributed by atoms with Crippen molar-refractivity contribution in [2.45, 2.75) is 39.0 Å². The van der Waals surface area contributed by atoms with Crippen molar-refractivity contribution in [3.63, 3.8) is 0 Å². The van der Waals surface area contributed by atoms with Gasteiger partial charge in [0.1, 0.15) is 0 Å². The molecule has 0 rings (SSSR count). The predicted octanol–water partition coefficient (Wildman–Crippen LogP) is -0.807. The number of nitrogens with two attached hydrogens (primary N) is 4. The van der Waals surface area contributed by atoms with Crippen molar-refractivity contribution in [2.24, 2.45) is 43.3 Å². The third-order valence-corrected chi connectivity index (χ3v) is 1.96. The summed E-state index contributed by atoms with van der Waals surface area (Å²) >= 11 is 0. The average Bonchev–Trinajstić information content (AvgIpc) is 2.37. The van der Waals surface area contributed by atoms with Crippen LogP contribution in [0.15, 0.2) is 20.4 Å². The Kier molecular flexibility index (Phi) is 13.4. The molecule has 0 aliphatic carbocycles. The van der Waals surface area contributed by atoms with E-state index in [-0.39, 0.29) is 11.9 Å². The number of hydrogen-bond donors (Lipinski definition) is 6. The minimum atomic E-state index is -4.67. The fourth-order valence-electron chi connectivity index (χ4n) is 1.16. The quantitative estimate of drug-likeness (QED) is 0.106. The molecular formula is C10H24N8O4S. The highest BCUT2D eigenvalue weighted by atomic mass is 32.3. The molecule has 0 fully saturated rings. The van der Waals surface area contributed by atoms with Gasteiger partial charge in [-0.15, -0.1) is 10.2 Å². The Morgan fingerprint density at radius 3 is 1.91 bits per heavy atom. The molecule has 23 heavy (non-hydrogen) atoms. The van der Waals surface area contributed by atoms with Gasteiger partial charge in [-0.1, -0.05) is 26.2 Å². The van der Waals surface area contributed by atoms with Gasteiger partial charge in [0.15, 0.2) is 0 Å². The van der Waals surface area contributed by atoms with Crippen molar-refractivity contribution >= 4 is 34.2 Å². The molecule has 0 spiro atoms. The summed E-state index contributed by atoms with van der Waals surface area (Å²) in [5.74, 6) is -0.213. The minimum Gasteiger partial charge on any atom is -0.369 e. The number of unbranched alkanes of at least 4 members (excludes halogenated alkanes) is 3. The molecule has 0 amide bonds. The van der Waals surface area contributed by atoms with E-state index in [0.29, 0.717) is 5.71 Å². The lowest BCUT2D eigenvalue weighted by molar-refractivity contribution is 0.381. The lowest BCUT2D eigenvalue weighted by Gasteiger charge is -1.98. The van der Waals surface area contributed by atoms with E-state index in [0.717, 1.165) is 19.3 Å². The molecule has 0 aliphatic rings. The highest BCUT2D eigenvalue weighted by Crippen LogP contribution is 2.03. The van der Waals surface area contributed by atoms with Crippen LogP contribution in [0.25, 0.3) is 0 Å². The third kappa shape index (κ3) is 28.6. The van der Waals surface area contributed by atoms with Crippen molar-refractivity contribution in [1.82, 2.24) is 0 Å². The molecule has 0 unspecified atom stereocenters. The summed E-state index contributed by atoms with van der Waals surface area (Å²) in [5, 5.41) is 14.6. The van der Waals surface area contributed by atoms with E-state index in [1.807, 2.05) is 0 Å². The van der Waals surface area contributed by atoms with Gasteiger partial charge in [0.2, 0.25) is 11.9 Å². The molecule has 0 aliphatic heterocycles. The summed E-state index contributed by atoms with van der Waals surface area (Å²) in [6, 6.07) is 0. The first-order chi connectivity index (χ1) is 10.6. The highest BCUT2D eigenvalue weighted by molar-refractivity contribution is 7.79. The SMILES string of the molecule is CCCCCCC(/C=N/N=C(N)N)=N\N=C(N)N.O=S(=O)(O)O. The molecule has 0 atom stereocenters. The molecule has 0 aromatic heterocycles. The maximum absolute atomic E-state index is 8.74. The Labute approximate surface area is 135 Å². The minimum absolute atomic E-state index is 0.101. The summed E-state index contributed by atoms with van der Waals surface area (Å²) in [7, 11) is -4.67. The van der Waals surface area contributed by atoms with Gasteiger partial charge >= 0.3 is 10.4 Å². The van der Waals surface area contributed by atoms with Gasteiger partial charge in [-0.2, -0.15) is 18.6 Å². The van der Waals surface area contributed by atoms with Crippen LogP contribution in [-0.2, 0) is 10.4 Å². The molecule has 0 heterocycles. The van der Waals surface area contributed by atoms with E-state index < -0.39 is 10.4 Å². The molecular weight excluding hydrogens is 328 g/mol. The van der Waals surface area contributed by atoms with E-state index in [1.54, 1.807) is 0 Å². The number of hydrogen-bond acceptors (Lipinski definition) is 6. The standard InChI is InChI=1S/C10H22N8.H2O4S/c1-2-3-4-5-6-8(16-18-10(13)14)7-15-17-9(11)12;1-5(2,3)4/h7H,2-6H2,1H3,(H4,11,12,17)(H4,13,14,18);(H2,1,2,3,4)/b15-7+,16-8+;. The molecule has 0 radical (unpaired) electrons. The van der Waals surface area contributed by atoms with Crippen LogP contribution in [0.3, 0.4) is 0 Å². The third-order valence-electron chi connectivity index (χ3n) is 1.96. The van der Waals surface area contributed by atoms with Gasteiger partial charge < -0.3 is 22.9 Å². The lowest BCUT2D eigenvalue weighted by Crippen LogP contribution is -2.22. The zero-order valence-electron chi connectivity index (χ0n) is 12.8. The van der Waals surface area contributed by atoms with Crippen LogP contribution in [0.2, 0.25) is 0 Å². The van der Waals surface area contributed by atoms with Crippen molar-refractivity contribution in [1.29, 1.82) is 0 Å². The Morgan fingerprint density at radius 1 is 0.957 bits per heavy atom. The average molecular weight is 352 g/mol. The van der Waals surface area contributed by atoms with Gasteiger partial charge in [0, 0.05) is 0 Å². The maximum atomic E-state index is 8.74. The highest BCUT2D eigenvalue weighted by Gasteiger charge is 1.97. The van der Waals surface area contributed by atoms with Crippen LogP contribution in [0.1, 0.15) is 39.0 Å². The van der Waals surface area contributed by atoms with Gasteiger partial charge in [0.25, 0.3) is 0 Å². The molecule has 0 saturated heterocycles. The van der Waals surface area contributed by atoms with Crippen LogP contribution < -0.4 is 22.9 Å². The molecule has 0 bridgehead atoms. The summed E-state index contributed by atoms with van der Waals surface area (Å²) < 4.78 is 31.6. The predicted molar refractivity (Wildman–Crippen MR) is 90.5 cm³/mol. The second-order valence-electron chi connectivity index (χ2n) is 4.14. The lowest BCUT2D eigenvalue weighted by atomic mass is 10.1. The summed E-state index contributed by atoms with van der Waals surface area (Å²) in [5.41, 5.74) is 21.3. The fourth-order valence-corrected chi connectivity index (χ4v) is 1.16. The zero-order valence-corrected chi connectivity index (χ0v) is 13.6. The Hall–Kier alpha value is -2.25. The summed E-state index contributed by atoms with van der Waals surface area (Å²) in [6.07, 6.45) is 6.62. The monoisotopic (exact) mass is 352 g/mol. The van der Waals surface area contributed by atoms with E-state index >= 15 is 0 Å². The Balaban J connectivity index is 0. The number of guanidine groups is 2. The molecule has 0 aromatic carbocycles. The normalized spacial score (nSPS) is 11.5. The van der Waals surface area contributed by atoms with E-state index in [1.165, 1.54) is 19.1 Å². The van der Waals surface area contributed by atoms with Crippen LogP contribution in [0, 0.1) is 0 Å². The Bertz CT molecular complexity index is 525.